The van der Waals surface area contributed by atoms with Gasteiger partial charge in [0.2, 0.25) is 5.91 Å². The monoisotopic (exact) mass is 259 g/mol. The summed E-state index contributed by atoms with van der Waals surface area (Å²) in [6.07, 6.45) is 1.84. The number of nitrogens with zero attached hydrogens (tertiary/aromatic N) is 2. The number of hydrogen-bond acceptors (Lipinski definition) is 3. The van der Waals surface area contributed by atoms with Gasteiger partial charge in [-0.05, 0) is 38.1 Å². The first-order valence-electron chi connectivity index (χ1n) is 6.64. The summed E-state index contributed by atoms with van der Waals surface area (Å²) in [5.41, 5.74) is 1.36. The number of carbonyl (C=O) groups is 1. The van der Waals surface area contributed by atoms with Crippen molar-refractivity contribution in [2.75, 3.05) is 13.1 Å². The molecule has 2 heterocycles. The maximum atomic E-state index is 12.5. The third kappa shape index (κ3) is 1.90. The molecule has 1 N–H and O–H groups in total. The Morgan fingerprint density at radius 2 is 1.84 bits per heavy atom. The lowest BCUT2D eigenvalue weighted by atomic mass is 10.1. The predicted molar refractivity (Wildman–Crippen MR) is 73.6 cm³/mol. The van der Waals surface area contributed by atoms with E-state index in [0.717, 1.165) is 31.4 Å². The molecule has 0 amide bonds. The number of aromatic nitrogens is 2. The molecule has 1 aromatic heterocycles. The third-order valence-corrected chi connectivity index (χ3v) is 3.77. The summed E-state index contributed by atoms with van der Waals surface area (Å²) in [6.45, 7) is 3.26. The van der Waals surface area contributed by atoms with E-state index in [2.05, 4.69) is 5.32 Å². The third-order valence-electron chi connectivity index (χ3n) is 3.77. The molecule has 1 fully saturated rings. The molecule has 1 aliphatic rings. The summed E-state index contributed by atoms with van der Waals surface area (Å²) in [4.78, 5) is 24.2. The van der Waals surface area contributed by atoms with Crippen LogP contribution in [-0.4, -0.2) is 28.1 Å². The first-order chi connectivity index (χ1) is 9.20. The number of para-hydroxylation sites is 2. The Bertz CT molecular complexity index is 678. The maximum Gasteiger partial charge on any atom is 0.336 e. The summed E-state index contributed by atoms with van der Waals surface area (Å²) in [5, 5.41) is 3.29. The van der Waals surface area contributed by atoms with Crippen LogP contribution in [-0.2, 0) is 0 Å². The predicted octanol–water partition coefficient (Wildman–Crippen LogP) is 1.39. The van der Waals surface area contributed by atoms with Crippen molar-refractivity contribution in [3.05, 3.63) is 34.7 Å². The van der Waals surface area contributed by atoms with Gasteiger partial charge >= 0.3 is 5.69 Å². The van der Waals surface area contributed by atoms with E-state index in [1.165, 1.54) is 11.5 Å². The second-order valence-electron chi connectivity index (χ2n) is 4.98. The van der Waals surface area contributed by atoms with Gasteiger partial charge < -0.3 is 5.32 Å². The van der Waals surface area contributed by atoms with Crippen LogP contribution in [0.3, 0.4) is 0 Å². The lowest BCUT2D eigenvalue weighted by Gasteiger charge is -2.23. The highest BCUT2D eigenvalue weighted by Gasteiger charge is 2.23. The molecule has 0 saturated carbocycles. The molecule has 0 radical (unpaired) electrons. The SMILES string of the molecule is CC(=O)n1c(=O)n(C2CCNCC2)c2ccccc21. The van der Waals surface area contributed by atoms with Gasteiger partial charge in [0.25, 0.3) is 0 Å². The van der Waals surface area contributed by atoms with Crippen LogP contribution in [0.5, 0.6) is 0 Å². The molecule has 2 aromatic rings. The molecule has 5 heteroatoms. The molecule has 19 heavy (non-hydrogen) atoms. The van der Waals surface area contributed by atoms with E-state index in [0.29, 0.717) is 5.52 Å². The Morgan fingerprint density at radius 3 is 2.47 bits per heavy atom. The quantitative estimate of drug-likeness (QED) is 0.842. The smallest absolute Gasteiger partial charge is 0.317 e. The summed E-state index contributed by atoms with van der Waals surface area (Å²) in [7, 11) is 0. The Morgan fingerprint density at radius 1 is 1.21 bits per heavy atom. The zero-order valence-electron chi connectivity index (χ0n) is 10.9. The molecule has 0 atom stereocenters. The van der Waals surface area contributed by atoms with Crippen LogP contribution in [0.4, 0.5) is 0 Å². The molecule has 1 saturated heterocycles. The van der Waals surface area contributed by atoms with Crippen molar-refractivity contribution < 1.29 is 4.79 Å². The van der Waals surface area contributed by atoms with Crippen LogP contribution in [0.1, 0.15) is 30.6 Å². The van der Waals surface area contributed by atoms with Gasteiger partial charge in [-0.15, -0.1) is 0 Å². The van der Waals surface area contributed by atoms with E-state index in [9.17, 15) is 9.59 Å². The van der Waals surface area contributed by atoms with Gasteiger partial charge in [0.15, 0.2) is 0 Å². The molecule has 3 rings (SSSR count). The topological polar surface area (TPSA) is 56.0 Å². The number of carbonyl (C=O) groups excluding carboxylic acids is 1. The Hall–Kier alpha value is -1.88. The average molecular weight is 259 g/mol. The standard InChI is InChI=1S/C14H17N3O2/c1-10(18)16-12-4-2-3-5-13(12)17(14(16)19)11-6-8-15-9-7-11/h2-5,11,15H,6-9H2,1H3. The Balaban J connectivity index is 2.26. The zero-order chi connectivity index (χ0) is 13.4. The summed E-state index contributed by atoms with van der Waals surface area (Å²) in [6, 6.07) is 7.69. The van der Waals surface area contributed by atoms with Gasteiger partial charge in [-0.25, -0.2) is 9.36 Å². The highest BCUT2D eigenvalue weighted by molar-refractivity contribution is 5.89. The lowest BCUT2D eigenvalue weighted by molar-refractivity contribution is 0.0936. The fraction of sp³-hybridized carbons (Fsp3) is 0.429. The van der Waals surface area contributed by atoms with Gasteiger partial charge in [-0.2, -0.15) is 0 Å². The van der Waals surface area contributed by atoms with Crippen molar-refractivity contribution >= 4 is 16.9 Å². The minimum Gasteiger partial charge on any atom is -0.317 e. The highest BCUT2D eigenvalue weighted by atomic mass is 16.2. The normalized spacial score (nSPS) is 16.9. The second kappa shape index (κ2) is 4.66. The number of fused-ring (bicyclic) bond motifs is 1. The van der Waals surface area contributed by atoms with Crippen molar-refractivity contribution in [2.45, 2.75) is 25.8 Å². The van der Waals surface area contributed by atoms with Crippen molar-refractivity contribution in [1.82, 2.24) is 14.5 Å². The van der Waals surface area contributed by atoms with Gasteiger partial charge in [-0.3, -0.25) is 9.36 Å². The van der Waals surface area contributed by atoms with Gasteiger partial charge in [0.05, 0.1) is 11.0 Å². The van der Waals surface area contributed by atoms with E-state index in [1.54, 1.807) is 4.57 Å². The number of hydrogen-bond donors (Lipinski definition) is 1. The van der Waals surface area contributed by atoms with E-state index in [1.807, 2.05) is 24.3 Å². The molecular weight excluding hydrogens is 242 g/mol. The van der Waals surface area contributed by atoms with E-state index in [-0.39, 0.29) is 17.6 Å². The van der Waals surface area contributed by atoms with Crippen LogP contribution in [0, 0.1) is 0 Å². The molecule has 0 unspecified atom stereocenters. The van der Waals surface area contributed by atoms with Crippen molar-refractivity contribution in [2.24, 2.45) is 0 Å². The van der Waals surface area contributed by atoms with E-state index < -0.39 is 0 Å². The first-order valence-corrected chi connectivity index (χ1v) is 6.64. The fourth-order valence-electron chi connectivity index (χ4n) is 2.89. The van der Waals surface area contributed by atoms with Crippen molar-refractivity contribution in [3.8, 4) is 0 Å². The van der Waals surface area contributed by atoms with E-state index in [4.69, 9.17) is 0 Å². The fourth-order valence-corrected chi connectivity index (χ4v) is 2.89. The minimum atomic E-state index is -0.228. The molecule has 1 aromatic carbocycles. The molecule has 5 nitrogen and oxygen atoms in total. The second-order valence-corrected chi connectivity index (χ2v) is 4.98. The van der Waals surface area contributed by atoms with Crippen LogP contribution >= 0.6 is 0 Å². The van der Waals surface area contributed by atoms with Crippen LogP contribution < -0.4 is 11.0 Å². The molecular formula is C14H17N3O2. The summed E-state index contributed by atoms with van der Waals surface area (Å²) in [5.74, 6) is -0.228. The molecule has 0 bridgehead atoms. The number of rotatable bonds is 1. The molecule has 0 spiro atoms. The highest BCUT2D eigenvalue weighted by Crippen LogP contribution is 2.22. The molecule has 1 aliphatic heterocycles. The van der Waals surface area contributed by atoms with Gasteiger partial charge in [0.1, 0.15) is 0 Å². The number of nitrogens with one attached hydrogen (secondary N) is 1. The first kappa shape index (κ1) is 12.2. The van der Waals surface area contributed by atoms with Gasteiger partial charge in [-0.1, -0.05) is 12.1 Å². The maximum absolute atomic E-state index is 12.5. The Labute approximate surface area is 110 Å². The lowest BCUT2D eigenvalue weighted by Crippen LogP contribution is -2.35. The Kier molecular flexibility index (Phi) is 2.98. The molecule has 100 valence electrons. The zero-order valence-corrected chi connectivity index (χ0v) is 10.9. The summed E-state index contributed by atoms with van der Waals surface area (Å²) < 4.78 is 3.06. The average Bonchev–Trinajstić information content (AvgIpc) is 2.71. The van der Waals surface area contributed by atoms with Gasteiger partial charge in [0, 0.05) is 13.0 Å². The van der Waals surface area contributed by atoms with Crippen LogP contribution in [0.15, 0.2) is 29.1 Å². The largest absolute Gasteiger partial charge is 0.336 e. The summed E-state index contributed by atoms with van der Waals surface area (Å²) >= 11 is 0. The van der Waals surface area contributed by atoms with Crippen LogP contribution in [0.2, 0.25) is 0 Å². The van der Waals surface area contributed by atoms with Crippen molar-refractivity contribution in [1.29, 1.82) is 0 Å². The number of imidazole rings is 1. The number of benzene rings is 1. The minimum absolute atomic E-state index is 0.180. The number of piperidine rings is 1. The van der Waals surface area contributed by atoms with Crippen LogP contribution in [0.25, 0.3) is 11.0 Å². The van der Waals surface area contributed by atoms with E-state index >= 15 is 0 Å². The molecule has 0 aliphatic carbocycles. The van der Waals surface area contributed by atoms with Crippen molar-refractivity contribution in [3.63, 3.8) is 0 Å².